The number of nitrogens with one attached hydrogen (secondary N) is 1. The second kappa shape index (κ2) is 4.04. The highest BCUT2D eigenvalue weighted by Crippen LogP contribution is 2.26. The van der Waals surface area contributed by atoms with Crippen LogP contribution in [0.2, 0.25) is 0 Å². The van der Waals surface area contributed by atoms with Gasteiger partial charge in [0.05, 0.1) is 6.10 Å². The number of carbonyl (C=O) groups is 1. The summed E-state index contributed by atoms with van der Waals surface area (Å²) >= 11 is 0. The van der Waals surface area contributed by atoms with Gasteiger partial charge in [0.2, 0.25) is 0 Å². The number of ether oxygens (including phenoxy) is 1. The maximum atomic E-state index is 10.7. The maximum absolute atomic E-state index is 10.7. The second-order valence-corrected chi connectivity index (χ2v) is 3.37. The largest absolute Gasteiger partial charge is 0.480 e. The molecule has 0 aromatic heterocycles. The van der Waals surface area contributed by atoms with Crippen LogP contribution in [0.5, 0.6) is 0 Å². The molecule has 5 heteroatoms. The molecule has 3 N–H and O–H groups in total. The molecule has 0 radical (unpaired) electrons. The number of hydrogen-bond donors (Lipinski definition) is 3. The average molecular weight is 189 g/mol. The van der Waals surface area contributed by atoms with Gasteiger partial charge in [-0.15, -0.1) is 0 Å². The van der Waals surface area contributed by atoms with E-state index >= 15 is 0 Å². The summed E-state index contributed by atoms with van der Waals surface area (Å²) in [7, 11) is 1.57. The van der Waals surface area contributed by atoms with E-state index in [1.807, 2.05) is 6.92 Å². The molecule has 5 nitrogen and oxygen atoms in total. The van der Waals surface area contributed by atoms with E-state index in [0.29, 0.717) is 6.42 Å². The first-order valence-electron chi connectivity index (χ1n) is 4.30. The van der Waals surface area contributed by atoms with Crippen molar-refractivity contribution in [1.29, 1.82) is 0 Å². The number of aliphatic hydroxyl groups excluding tert-OH is 1. The molecule has 0 amide bonds. The molecule has 0 aromatic rings. The maximum Gasteiger partial charge on any atom is 0.323 e. The fourth-order valence-electron chi connectivity index (χ4n) is 1.66. The van der Waals surface area contributed by atoms with Gasteiger partial charge < -0.3 is 20.3 Å². The van der Waals surface area contributed by atoms with Gasteiger partial charge in [-0.25, -0.2) is 0 Å². The molecule has 1 aliphatic heterocycles. The van der Waals surface area contributed by atoms with E-state index in [4.69, 9.17) is 14.9 Å². The Bertz CT molecular complexity index is 197. The molecule has 1 aliphatic rings. The number of likely N-dealkylation sites (N-methyl/N-ethyl adjacent to an activating group) is 1. The number of hydrogen-bond acceptors (Lipinski definition) is 4. The van der Waals surface area contributed by atoms with E-state index in [9.17, 15) is 4.79 Å². The lowest BCUT2D eigenvalue weighted by Crippen LogP contribution is -2.46. The molecule has 76 valence electrons. The molecule has 0 spiro atoms. The number of carboxylic acid groups (broad SMARTS) is 1. The van der Waals surface area contributed by atoms with Gasteiger partial charge in [-0.3, -0.25) is 4.79 Å². The number of carboxylic acids is 1. The highest BCUT2D eigenvalue weighted by Gasteiger charge is 2.39. The van der Waals surface area contributed by atoms with Crippen molar-refractivity contribution in [3.05, 3.63) is 0 Å². The first-order chi connectivity index (χ1) is 6.06. The zero-order valence-electron chi connectivity index (χ0n) is 7.73. The molecular formula is C8H15NO4. The van der Waals surface area contributed by atoms with Gasteiger partial charge in [0, 0.05) is 6.42 Å². The van der Waals surface area contributed by atoms with E-state index in [0.717, 1.165) is 0 Å². The molecule has 4 atom stereocenters. The summed E-state index contributed by atoms with van der Waals surface area (Å²) in [4.78, 5) is 10.7. The third kappa shape index (κ3) is 2.18. The Balaban J connectivity index is 2.64. The minimum Gasteiger partial charge on any atom is -0.480 e. The Labute approximate surface area is 76.7 Å². The lowest BCUT2D eigenvalue weighted by atomic mass is 9.97. The van der Waals surface area contributed by atoms with Gasteiger partial charge in [0.1, 0.15) is 6.04 Å². The summed E-state index contributed by atoms with van der Waals surface area (Å²) in [6, 6.07) is -0.743. The Hall–Kier alpha value is -0.650. The van der Waals surface area contributed by atoms with E-state index in [2.05, 4.69) is 5.32 Å². The number of aliphatic hydroxyl groups is 1. The normalized spacial score (nSPS) is 36.1. The molecule has 0 saturated carbocycles. The van der Waals surface area contributed by atoms with Crippen LogP contribution in [0, 0.1) is 5.92 Å². The Morgan fingerprint density at radius 3 is 2.62 bits per heavy atom. The van der Waals surface area contributed by atoms with E-state index in [-0.39, 0.29) is 5.92 Å². The molecule has 1 heterocycles. The summed E-state index contributed by atoms with van der Waals surface area (Å²) in [5, 5.41) is 20.6. The van der Waals surface area contributed by atoms with Crippen molar-refractivity contribution in [2.75, 3.05) is 7.05 Å². The lowest BCUT2D eigenvalue weighted by molar-refractivity contribution is -0.149. The van der Waals surface area contributed by atoms with Crippen molar-refractivity contribution < 1.29 is 19.7 Å². The smallest absolute Gasteiger partial charge is 0.323 e. The second-order valence-electron chi connectivity index (χ2n) is 3.37. The molecule has 1 unspecified atom stereocenters. The van der Waals surface area contributed by atoms with Crippen LogP contribution in [0.3, 0.4) is 0 Å². The summed E-state index contributed by atoms with van der Waals surface area (Å²) < 4.78 is 5.10. The highest BCUT2D eigenvalue weighted by atomic mass is 16.6. The minimum atomic E-state index is -0.951. The molecule has 1 rings (SSSR count). The molecule has 0 bridgehead atoms. The van der Waals surface area contributed by atoms with Gasteiger partial charge in [-0.2, -0.15) is 0 Å². The van der Waals surface area contributed by atoms with Crippen LogP contribution < -0.4 is 5.32 Å². The van der Waals surface area contributed by atoms with Crippen LogP contribution in [0.1, 0.15) is 13.3 Å². The first kappa shape index (κ1) is 10.4. The summed E-state index contributed by atoms with van der Waals surface area (Å²) in [6.45, 7) is 1.87. The van der Waals surface area contributed by atoms with Crippen molar-refractivity contribution in [2.24, 2.45) is 5.92 Å². The zero-order valence-corrected chi connectivity index (χ0v) is 7.73. The van der Waals surface area contributed by atoms with Crippen molar-refractivity contribution in [2.45, 2.75) is 31.8 Å². The minimum absolute atomic E-state index is 0.0588. The van der Waals surface area contributed by atoms with Crippen molar-refractivity contribution in [1.82, 2.24) is 5.32 Å². The van der Waals surface area contributed by atoms with E-state index in [1.54, 1.807) is 7.05 Å². The zero-order chi connectivity index (χ0) is 10.0. The van der Waals surface area contributed by atoms with Crippen LogP contribution in [0.25, 0.3) is 0 Å². The van der Waals surface area contributed by atoms with Crippen LogP contribution in [0.4, 0.5) is 0 Å². The van der Waals surface area contributed by atoms with Gasteiger partial charge in [0.25, 0.3) is 0 Å². The number of rotatable bonds is 3. The Kier molecular flexibility index (Phi) is 3.24. The van der Waals surface area contributed by atoms with Gasteiger partial charge >= 0.3 is 5.97 Å². The van der Waals surface area contributed by atoms with Gasteiger partial charge in [-0.1, -0.05) is 6.92 Å². The SMILES string of the molecule is CN[C@@H](C(=O)O)[C@@H]1OC(O)C[C@H]1C. The highest BCUT2D eigenvalue weighted by molar-refractivity contribution is 5.74. The summed E-state index contributed by atoms with van der Waals surface area (Å²) in [5.74, 6) is -0.892. The third-order valence-corrected chi connectivity index (χ3v) is 2.35. The predicted molar refractivity (Wildman–Crippen MR) is 45.1 cm³/mol. The lowest BCUT2D eigenvalue weighted by Gasteiger charge is -2.21. The average Bonchev–Trinajstić information content (AvgIpc) is 2.31. The molecule has 13 heavy (non-hydrogen) atoms. The standard InChI is InChI=1S/C8H15NO4/c1-4-3-5(10)13-7(4)6(9-2)8(11)12/h4-7,9-10H,3H2,1-2H3,(H,11,12)/t4-,5?,6-,7-/m1/s1. The third-order valence-electron chi connectivity index (χ3n) is 2.35. The molecule has 1 fully saturated rings. The van der Waals surface area contributed by atoms with E-state index in [1.165, 1.54) is 0 Å². The van der Waals surface area contributed by atoms with Crippen molar-refractivity contribution >= 4 is 5.97 Å². The van der Waals surface area contributed by atoms with Crippen molar-refractivity contribution in [3.63, 3.8) is 0 Å². The molecule has 1 saturated heterocycles. The number of aliphatic carboxylic acids is 1. The fraction of sp³-hybridized carbons (Fsp3) is 0.875. The first-order valence-corrected chi connectivity index (χ1v) is 4.30. The summed E-state index contributed by atoms with van der Waals surface area (Å²) in [5.41, 5.74) is 0. The monoisotopic (exact) mass is 189 g/mol. The predicted octanol–water partition coefficient (Wildman–Crippen LogP) is -0.598. The fourth-order valence-corrected chi connectivity index (χ4v) is 1.66. The van der Waals surface area contributed by atoms with Crippen LogP contribution >= 0.6 is 0 Å². The van der Waals surface area contributed by atoms with Gasteiger partial charge in [0.15, 0.2) is 6.29 Å². The quantitative estimate of drug-likeness (QED) is 0.552. The topological polar surface area (TPSA) is 78.8 Å². The van der Waals surface area contributed by atoms with Crippen molar-refractivity contribution in [3.8, 4) is 0 Å². The molecule has 0 aliphatic carbocycles. The van der Waals surface area contributed by atoms with Gasteiger partial charge in [-0.05, 0) is 13.0 Å². The Morgan fingerprint density at radius 1 is 1.69 bits per heavy atom. The molecular weight excluding hydrogens is 174 g/mol. The van der Waals surface area contributed by atoms with E-state index < -0.39 is 24.4 Å². The molecule has 0 aromatic carbocycles. The Morgan fingerprint density at radius 2 is 2.31 bits per heavy atom. The van der Waals surface area contributed by atoms with Crippen LogP contribution in [-0.4, -0.2) is 41.7 Å². The summed E-state index contributed by atoms with van der Waals surface area (Å²) in [6.07, 6.45) is -0.774. The van der Waals surface area contributed by atoms with Crippen LogP contribution in [0.15, 0.2) is 0 Å². The van der Waals surface area contributed by atoms with Crippen LogP contribution in [-0.2, 0) is 9.53 Å².